The van der Waals surface area contributed by atoms with Crippen molar-refractivity contribution in [2.45, 2.75) is 82.7 Å². The van der Waals surface area contributed by atoms with Gasteiger partial charge in [0.2, 0.25) is 0 Å². The molecule has 0 radical (unpaired) electrons. The highest BCUT2D eigenvalue weighted by Gasteiger charge is 2.42. The molecule has 0 bridgehead atoms. The molecule has 0 fully saturated rings. The number of methoxy groups -OCH3 is 1. The first-order valence-corrected chi connectivity index (χ1v) is 14.6. The van der Waals surface area contributed by atoms with E-state index in [-0.39, 0.29) is 11.8 Å². The second-order valence-corrected chi connectivity index (χ2v) is 12.5. The fourth-order valence-electron chi connectivity index (χ4n) is 5.94. The van der Waals surface area contributed by atoms with Crippen LogP contribution in [-0.4, -0.2) is 44.3 Å². The average molecular weight is 568 g/mol. The van der Waals surface area contributed by atoms with Crippen LogP contribution < -0.4 is 9.64 Å². The Labute approximate surface area is 243 Å². The summed E-state index contributed by atoms with van der Waals surface area (Å²) in [6, 6.07) is 12.1. The molecule has 4 rings (SSSR count). The lowest BCUT2D eigenvalue weighted by molar-refractivity contribution is -0.159. The molecule has 0 saturated carbocycles. The molecule has 2 aromatic carbocycles. The summed E-state index contributed by atoms with van der Waals surface area (Å²) in [7, 11) is 1.33. The first-order valence-electron chi connectivity index (χ1n) is 14.3. The van der Waals surface area contributed by atoms with Crippen LogP contribution in [0.5, 0.6) is 5.75 Å². The minimum Gasteiger partial charge on any atom is -0.490 e. The van der Waals surface area contributed by atoms with E-state index < -0.39 is 23.5 Å². The van der Waals surface area contributed by atoms with Crippen molar-refractivity contribution in [1.29, 1.82) is 0 Å². The highest BCUT2D eigenvalue weighted by molar-refractivity contribution is 6.30. The first kappa shape index (κ1) is 30.0. The van der Waals surface area contributed by atoms with Gasteiger partial charge in [-0.2, -0.15) is 0 Å². The van der Waals surface area contributed by atoms with Crippen molar-refractivity contribution in [2.24, 2.45) is 0 Å². The van der Waals surface area contributed by atoms with Gasteiger partial charge in [-0.1, -0.05) is 29.8 Å². The van der Waals surface area contributed by atoms with Gasteiger partial charge >= 0.3 is 11.9 Å². The number of hydrogen-bond acceptors (Lipinski definition) is 6. The molecule has 7 heteroatoms. The van der Waals surface area contributed by atoms with Gasteiger partial charge in [-0.15, -0.1) is 6.58 Å². The lowest BCUT2D eigenvalue weighted by Crippen LogP contribution is -2.46. The third-order valence-electron chi connectivity index (χ3n) is 7.84. The standard InChI is InChI=1S/C33H42ClNO5/c1-6-7-8-9-17-35-21-33(16-10-11-24-18-25(34)13-14-27(24)33)22-39-29-15-12-23(19-28(29)35)26(20-30(36)38-5)31(37)40-32(2,3)4/h6,12-15,18-19,26H,1,7-11,16-17,20-22H2,2-5H3/t26-,33+/m1/s1. The van der Waals surface area contributed by atoms with E-state index in [9.17, 15) is 9.59 Å². The molecule has 6 nitrogen and oxygen atoms in total. The van der Waals surface area contributed by atoms with Crippen LogP contribution >= 0.6 is 11.6 Å². The minimum absolute atomic E-state index is 0.0948. The van der Waals surface area contributed by atoms with Crippen LogP contribution in [0.2, 0.25) is 5.02 Å². The van der Waals surface area contributed by atoms with Gasteiger partial charge in [-0.25, -0.2) is 0 Å². The predicted octanol–water partition coefficient (Wildman–Crippen LogP) is 7.16. The third-order valence-corrected chi connectivity index (χ3v) is 8.07. The Hall–Kier alpha value is -2.99. The Bertz CT molecular complexity index is 1240. The lowest BCUT2D eigenvalue weighted by Gasteiger charge is -2.41. The van der Waals surface area contributed by atoms with Crippen LogP contribution in [0.15, 0.2) is 49.1 Å². The molecular weight excluding hydrogens is 526 g/mol. The summed E-state index contributed by atoms with van der Waals surface area (Å²) in [5.74, 6) is -0.903. The van der Waals surface area contributed by atoms with E-state index in [0.717, 1.165) is 68.1 Å². The molecular formula is C33H42ClNO5. The van der Waals surface area contributed by atoms with Crippen LogP contribution in [0.1, 0.15) is 81.9 Å². The van der Waals surface area contributed by atoms with Crippen molar-refractivity contribution in [3.63, 3.8) is 0 Å². The summed E-state index contributed by atoms with van der Waals surface area (Å²) >= 11 is 6.37. The number of fused-ring (bicyclic) bond motifs is 3. The summed E-state index contributed by atoms with van der Waals surface area (Å²) < 4.78 is 17.2. The molecule has 2 aromatic rings. The fourth-order valence-corrected chi connectivity index (χ4v) is 6.13. The van der Waals surface area contributed by atoms with Crippen molar-refractivity contribution < 1.29 is 23.8 Å². The summed E-state index contributed by atoms with van der Waals surface area (Å²) in [5.41, 5.74) is 3.40. The van der Waals surface area contributed by atoms with Gasteiger partial charge < -0.3 is 19.1 Å². The molecule has 1 aliphatic carbocycles. The molecule has 2 aliphatic rings. The van der Waals surface area contributed by atoms with E-state index in [2.05, 4.69) is 23.6 Å². The summed E-state index contributed by atoms with van der Waals surface area (Å²) in [6.07, 6.45) is 7.97. The van der Waals surface area contributed by atoms with E-state index in [1.807, 2.05) is 51.1 Å². The Morgan fingerprint density at radius 1 is 1.20 bits per heavy atom. The molecule has 1 aliphatic heterocycles. The number of rotatable bonds is 9. The molecule has 1 spiro atoms. The summed E-state index contributed by atoms with van der Waals surface area (Å²) in [6.45, 7) is 11.5. The highest BCUT2D eigenvalue weighted by atomic mass is 35.5. The van der Waals surface area contributed by atoms with Crippen LogP contribution in [-0.2, 0) is 30.9 Å². The third kappa shape index (κ3) is 7.01. The zero-order valence-electron chi connectivity index (χ0n) is 24.3. The van der Waals surface area contributed by atoms with Crippen LogP contribution in [0.25, 0.3) is 0 Å². The summed E-state index contributed by atoms with van der Waals surface area (Å²) in [5, 5.41) is 0.762. The fraction of sp³-hybridized carbons (Fsp3) is 0.515. The molecule has 0 amide bonds. The number of anilines is 1. The molecule has 1 heterocycles. The monoisotopic (exact) mass is 567 g/mol. The number of halogens is 1. The molecule has 216 valence electrons. The van der Waals surface area contributed by atoms with Gasteiger partial charge in [0.15, 0.2) is 0 Å². The highest BCUT2D eigenvalue weighted by Crippen LogP contribution is 2.45. The Kier molecular flexibility index (Phi) is 9.50. The van der Waals surface area contributed by atoms with E-state index in [1.165, 1.54) is 18.2 Å². The van der Waals surface area contributed by atoms with E-state index >= 15 is 0 Å². The van der Waals surface area contributed by atoms with Gasteiger partial charge in [0.25, 0.3) is 0 Å². The van der Waals surface area contributed by atoms with Gasteiger partial charge in [0.1, 0.15) is 11.4 Å². The number of benzene rings is 2. The maximum atomic E-state index is 13.3. The van der Waals surface area contributed by atoms with Crippen LogP contribution in [0.3, 0.4) is 0 Å². The van der Waals surface area contributed by atoms with Gasteiger partial charge in [-0.05, 0) is 100 Å². The molecule has 2 atom stereocenters. The van der Waals surface area contributed by atoms with E-state index in [0.29, 0.717) is 12.2 Å². The number of aryl methyl sites for hydroxylation is 1. The van der Waals surface area contributed by atoms with Crippen LogP contribution in [0.4, 0.5) is 5.69 Å². The largest absolute Gasteiger partial charge is 0.490 e. The van der Waals surface area contributed by atoms with Gasteiger partial charge in [-0.3, -0.25) is 9.59 Å². The van der Waals surface area contributed by atoms with E-state index in [1.54, 1.807) is 0 Å². The zero-order valence-corrected chi connectivity index (χ0v) is 25.0. The molecule has 0 N–H and O–H groups in total. The molecule has 0 aromatic heterocycles. The van der Waals surface area contributed by atoms with Crippen molar-refractivity contribution in [3.8, 4) is 5.75 Å². The zero-order chi connectivity index (χ0) is 28.9. The van der Waals surface area contributed by atoms with Crippen molar-refractivity contribution >= 4 is 29.2 Å². The predicted molar refractivity (Wildman–Crippen MR) is 159 cm³/mol. The SMILES string of the molecule is C=CCCCCN1C[C@@]2(CCCc3cc(Cl)ccc32)COc2ccc([C@@H](CC(=O)OC)C(=O)OC(C)(C)C)cc21. The number of allylic oxidation sites excluding steroid dienone is 1. The number of nitrogens with zero attached hydrogens (tertiary/aromatic N) is 1. The second kappa shape index (κ2) is 12.7. The maximum absolute atomic E-state index is 13.3. The van der Waals surface area contributed by atoms with Gasteiger partial charge in [0.05, 0.1) is 31.7 Å². The Morgan fingerprint density at radius 2 is 2.00 bits per heavy atom. The van der Waals surface area contributed by atoms with Crippen molar-refractivity contribution in [3.05, 3.63) is 70.8 Å². The first-order chi connectivity index (χ1) is 19.0. The topological polar surface area (TPSA) is 65.1 Å². The Balaban J connectivity index is 1.74. The molecule has 0 unspecified atom stereocenters. The van der Waals surface area contributed by atoms with Gasteiger partial charge in [0, 0.05) is 23.5 Å². The van der Waals surface area contributed by atoms with Crippen LogP contribution in [0, 0.1) is 0 Å². The number of carbonyl (C=O) groups is 2. The number of esters is 2. The number of hydrogen-bond donors (Lipinski definition) is 0. The van der Waals surface area contributed by atoms with Crippen molar-refractivity contribution in [2.75, 3.05) is 31.7 Å². The Morgan fingerprint density at radius 3 is 2.73 bits per heavy atom. The molecule has 40 heavy (non-hydrogen) atoms. The van der Waals surface area contributed by atoms with E-state index in [4.69, 9.17) is 25.8 Å². The normalized spacial score (nSPS) is 19.1. The lowest BCUT2D eigenvalue weighted by atomic mass is 9.70. The quantitative estimate of drug-likeness (QED) is 0.182. The smallest absolute Gasteiger partial charge is 0.314 e. The second-order valence-electron chi connectivity index (χ2n) is 12.0. The number of unbranched alkanes of at least 4 members (excludes halogenated alkanes) is 2. The molecule has 0 saturated heterocycles. The number of ether oxygens (including phenoxy) is 3. The average Bonchev–Trinajstić information content (AvgIpc) is 3.05. The van der Waals surface area contributed by atoms with Crippen molar-refractivity contribution in [1.82, 2.24) is 0 Å². The maximum Gasteiger partial charge on any atom is 0.314 e. The summed E-state index contributed by atoms with van der Waals surface area (Å²) in [4.78, 5) is 28.0. The minimum atomic E-state index is -0.783. The number of carbonyl (C=O) groups excluding carboxylic acids is 2.